The number of nitrogens with zero attached hydrogens (tertiary/aromatic N) is 7. The van der Waals surface area contributed by atoms with E-state index in [1.165, 1.54) is 67.8 Å². The number of para-hydroxylation sites is 1. The van der Waals surface area contributed by atoms with E-state index >= 15 is 0 Å². The van der Waals surface area contributed by atoms with E-state index in [1.54, 1.807) is 47.0 Å². The van der Waals surface area contributed by atoms with Gasteiger partial charge in [-0.25, -0.2) is 30.3 Å². The number of benzene rings is 3. The summed E-state index contributed by atoms with van der Waals surface area (Å²) in [6, 6.07) is 29.5. The van der Waals surface area contributed by atoms with Gasteiger partial charge in [0.05, 0.1) is 55.7 Å². The maximum absolute atomic E-state index is 11.9. The molecule has 258 valence electrons. The van der Waals surface area contributed by atoms with E-state index in [0.29, 0.717) is 16.8 Å². The van der Waals surface area contributed by atoms with Crippen LogP contribution in [0, 0.1) is 71.4 Å². The Balaban J connectivity index is 1.77. The van der Waals surface area contributed by atoms with E-state index in [9.17, 15) is 30.9 Å². The van der Waals surface area contributed by atoms with Gasteiger partial charge in [0.25, 0.3) is 11.4 Å². The summed E-state index contributed by atoms with van der Waals surface area (Å²) in [5.41, 5.74) is 2.87. The van der Waals surface area contributed by atoms with E-state index in [2.05, 4.69) is 15.8 Å². The SMILES string of the molecule is [C-]#[N+]/C(C#N)=C(/C(C#N)=C/C=C/c1oc(O)c(/C=C/C=C/C(C#N)=C(/c2ccc(C)cc2)[C-](C#N)[N+]#[C-])[n+]1-c1ccccc1)c1ccc(C(=O)OC)cc1. The van der Waals surface area contributed by atoms with Crippen molar-refractivity contribution in [1.29, 1.82) is 21.0 Å². The highest BCUT2D eigenvalue weighted by Gasteiger charge is 2.27. The molecular formula is C43H27N7O4. The molecule has 1 heterocycles. The molecule has 0 atom stereocenters. The quantitative estimate of drug-likeness (QED) is 0.0536. The number of nitriles is 4. The molecule has 11 nitrogen and oxygen atoms in total. The van der Waals surface area contributed by atoms with Gasteiger partial charge in [-0.15, -0.1) is 28.3 Å². The van der Waals surface area contributed by atoms with Crippen molar-refractivity contribution in [2.45, 2.75) is 6.92 Å². The summed E-state index contributed by atoms with van der Waals surface area (Å²) < 4.78 is 12.0. The first kappa shape index (κ1) is 38.2. The van der Waals surface area contributed by atoms with E-state index in [4.69, 9.17) is 22.3 Å². The minimum absolute atomic E-state index is 0.0294. The lowest BCUT2D eigenvalue weighted by molar-refractivity contribution is -0.603. The fourth-order valence-corrected chi connectivity index (χ4v) is 5.11. The van der Waals surface area contributed by atoms with Crippen LogP contribution in [0.25, 0.3) is 38.7 Å². The van der Waals surface area contributed by atoms with E-state index in [0.717, 1.165) is 5.56 Å². The Morgan fingerprint density at radius 1 is 0.870 bits per heavy atom. The average Bonchev–Trinajstić information content (AvgIpc) is 3.52. The number of aromatic nitrogens is 1. The lowest BCUT2D eigenvalue weighted by atomic mass is 9.93. The Morgan fingerprint density at radius 3 is 2.11 bits per heavy atom. The van der Waals surface area contributed by atoms with Gasteiger partial charge in [-0.1, -0.05) is 71.8 Å². The molecular weight excluding hydrogens is 679 g/mol. The van der Waals surface area contributed by atoms with Gasteiger partial charge in [-0.3, -0.25) is 0 Å². The second-order valence-corrected chi connectivity index (χ2v) is 10.9. The van der Waals surface area contributed by atoms with Crippen LogP contribution in [-0.2, 0) is 4.74 Å². The van der Waals surface area contributed by atoms with Gasteiger partial charge < -0.3 is 14.3 Å². The average molecular weight is 706 g/mol. The Hall–Kier alpha value is -8.61. The summed E-state index contributed by atoms with van der Waals surface area (Å²) in [7, 11) is 1.24. The smallest absolute Gasteiger partial charge is 0.382 e. The van der Waals surface area contributed by atoms with Crippen molar-refractivity contribution in [3.8, 4) is 35.9 Å². The highest BCUT2D eigenvalue weighted by atomic mass is 16.5. The van der Waals surface area contributed by atoms with Gasteiger partial charge in [0.15, 0.2) is 0 Å². The molecule has 0 saturated carbocycles. The minimum Gasteiger partial charge on any atom is -0.476 e. The number of carbonyl (C=O) groups excluding carboxylic acids is 1. The van der Waals surface area contributed by atoms with Crippen molar-refractivity contribution in [2.75, 3.05) is 7.11 Å². The van der Waals surface area contributed by atoms with Gasteiger partial charge >= 0.3 is 17.8 Å². The lowest BCUT2D eigenvalue weighted by Crippen LogP contribution is -2.34. The molecule has 11 heteroatoms. The van der Waals surface area contributed by atoms with Crippen LogP contribution in [0.2, 0.25) is 0 Å². The van der Waals surface area contributed by atoms with Crippen LogP contribution < -0.4 is 4.57 Å². The maximum Gasteiger partial charge on any atom is 0.382 e. The molecule has 0 unspecified atom stereocenters. The highest BCUT2D eigenvalue weighted by molar-refractivity contribution is 5.92. The molecule has 0 aliphatic heterocycles. The zero-order valence-corrected chi connectivity index (χ0v) is 28.8. The van der Waals surface area contributed by atoms with Crippen molar-refractivity contribution in [3.63, 3.8) is 0 Å². The van der Waals surface area contributed by atoms with Crippen LogP contribution in [0.5, 0.6) is 5.95 Å². The molecule has 4 aromatic rings. The third kappa shape index (κ3) is 8.75. The predicted octanol–water partition coefficient (Wildman–Crippen LogP) is 8.20. The zero-order chi connectivity index (χ0) is 39.0. The molecule has 0 aliphatic rings. The number of rotatable bonds is 11. The van der Waals surface area contributed by atoms with Gasteiger partial charge in [0.1, 0.15) is 0 Å². The largest absolute Gasteiger partial charge is 0.476 e. The number of methoxy groups -OCH3 is 1. The summed E-state index contributed by atoms with van der Waals surface area (Å²) >= 11 is 0. The molecule has 1 N–H and O–H groups in total. The molecule has 0 aliphatic carbocycles. The van der Waals surface area contributed by atoms with Crippen molar-refractivity contribution in [3.05, 3.63) is 189 Å². The van der Waals surface area contributed by atoms with Crippen LogP contribution >= 0.6 is 0 Å². The first-order valence-electron chi connectivity index (χ1n) is 15.8. The number of carbonyl (C=O) groups is 1. The molecule has 0 amide bonds. The Labute approximate surface area is 312 Å². The predicted molar refractivity (Wildman–Crippen MR) is 199 cm³/mol. The molecule has 0 fully saturated rings. The number of allylic oxidation sites excluding steroid dienone is 9. The van der Waals surface area contributed by atoms with Crippen LogP contribution in [0.1, 0.15) is 38.6 Å². The van der Waals surface area contributed by atoms with Crippen molar-refractivity contribution < 1.29 is 23.6 Å². The lowest BCUT2D eigenvalue weighted by Gasteiger charge is -2.20. The number of esters is 1. The highest BCUT2D eigenvalue weighted by Crippen LogP contribution is 2.31. The molecule has 4 rings (SSSR count). The minimum atomic E-state index is -0.573. The second-order valence-electron chi connectivity index (χ2n) is 10.9. The fraction of sp³-hybridized carbons (Fsp3) is 0.0465. The second kappa shape index (κ2) is 18.4. The monoisotopic (exact) mass is 705 g/mol. The Bertz CT molecular complexity index is 2480. The van der Waals surface area contributed by atoms with E-state index in [1.807, 2.05) is 43.3 Å². The molecule has 0 saturated heterocycles. The number of aromatic hydroxyl groups is 1. The first-order chi connectivity index (χ1) is 26.2. The van der Waals surface area contributed by atoms with Crippen LogP contribution in [0.15, 0.2) is 131 Å². The topological polar surface area (TPSA) is 167 Å². The summed E-state index contributed by atoms with van der Waals surface area (Å²) in [5.74, 6) is -0.891. The Morgan fingerprint density at radius 2 is 1.54 bits per heavy atom. The maximum atomic E-state index is 11.9. The van der Waals surface area contributed by atoms with E-state index in [-0.39, 0.29) is 51.2 Å². The summed E-state index contributed by atoms with van der Waals surface area (Å²) in [6.07, 6.45) is 10.4. The third-order valence-corrected chi connectivity index (χ3v) is 7.65. The van der Waals surface area contributed by atoms with Gasteiger partial charge in [0, 0.05) is 23.8 Å². The molecule has 54 heavy (non-hydrogen) atoms. The standard InChI is InChI=1S/C43H27N7O4/c1-29-17-19-30(20-18-29)40(36(27-46)48-2)33(25-44)11-8-9-15-38-43(52)54-39(50(38)35-13-6-5-7-14-35)16-10-12-34(26-45)41(37(28-47)49-3)31-21-23-32(24-22-31)42(51)53-4/h5-24,52H,1,4H3/b11-8+,15-9+,16-10+,34-12+,40-33+,41-37+. The van der Waals surface area contributed by atoms with Crippen molar-refractivity contribution >= 4 is 29.3 Å². The van der Waals surface area contributed by atoms with Gasteiger partial charge in [0.2, 0.25) is 11.7 Å². The van der Waals surface area contributed by atoms with Crippen LogP contribution in [0.4, 0.5) is 0 Å². The first-order valence-corrected chi connectivity index (χ1v) is 15.8. The van der Waals surface area contributed by atoms with Crippen LogP contribution in [-0.4, -0.2) is 18.2 Å². The van der Waals surface area contributed by atoms with Crippen molar-refractivity contribution in [1.82, 2.24) is 0 Å². The summed E-state index contributed by atoms with van der Waals surface area (Å²) in [4.78, 5) is 18.6. The molecule has 3 aromatic carbocycles. The normalized spacial score (nSPS) is 12.0. The van der Waals surface area contributed by atoms with E-state index < -0.39 is 11.9 Å². The summed E-state index contributed by atoms with van der Waals surface area (Å²) in [6.45, 7) is 16.9. The molecule has 0 spiro atoms. The summed E-state index contributed by atoms with van der Waals surface area (Å²) in [5, 5.41) is 50.3. The Kier molecular flexibility index (Phi) is 13.0. The number of ether oxygens (including phenoxy) is 1. The van der Waals surface area contributed by atoms with Gasteiger partial charge in [-0.2, -0.15) is 10.8 Å². The number of hydrogen-bond acceptors (Lipinski definition) is 8. The number of oxazole rings is 1. The van der Waals surface area contributed by atoms with Gasteiger partial charge in [-0.05, 0) is 36.8 Å². The van der Waals surface area contributed by atoms with Crippen molar-refractivity contribution in [2.24, 2.45) is 0 Å². The van der Waals surface area contributed by atoms with Crippen LogP contribution in [0.3, 0.4) is 0 Å². The third-order valence-electron chi connectivity index (χ3n) is 7.65. The number of hydrogen-bond donors (Lipinski definition) is 1. The number of aryl methyl sites for hydroxylation is 1. The fourth-order valence-electron chi connectivity index (χ4n) is 5.11. The molecule has 0 radical (unpaired) electrons. The molecule has 1 aromatic heterocycles. The zero-order valence-electron chi connectivity index (χ0n) is 28.8. The molecule has 0 bridgehead atoms.